The molecule has 0 aliphatic heterocycles. The van der Waals surface area contributed by atoms with Crippen LogP contribution in [0.5, 0.6) is 0 Å². The Morgan fingerprint density at radius 3 is 2.73 bits per heavy atom. The van der Waals surface area contributed by atoms with E-state index in [1.165, 1.54) is 6.42 Å². The zero-order valence-corrected chi connectivity index (χ0v) is 7.47. The molecule has 0 heterocycles. The van der Waals surface area contributed by atoms with Crippen molar-refractivity contribution in [3.05, 3.63) is 0 Å². The highest BCUT2D eigenvalue weighted by Gasteiger charge is 2.31. The molecule has 0 spiro atoms. The van der Waals surface area contributed by atoms with E-state index in [2.05, 4.69) is 13.8 Å². The minimum absolute atomic E-state index is 0.150. The Bertz CT molecular complexity index is 121. The second-order valence-electron chi connectivity index (χ2n) is 4.12. The fourth-order valence-electron chi connectivity index (χ4n) is 1.73. The van der Waals surface area contributed by atoms with Gasteiger partial charge in [-0.05, 0) is 24.7 Å². The van der Waals surface area contributed by atoms with E-state index in [0.717, 1.165) is 12.8 Å². The highest BCUT2D eigenvalue weighted by Crippen LogP contribution is 2.38. The molecule has 0 radical (unpaired) electrons. The van der Waals surface area contributed by atoms with Crippen molar-refractivity contribution in [3.63, 3.8) is 0 Å². The Labute approximate surface area is 68.6 Å². The lowest BCUT2D eigenvalue weighted by molar-refractivity contribution is 0.0277. The number of ether oxygens (including phenoxy) is 1. The van der Waals surface area contributed by atoms with Crippen LogP contribution in [0.25, 0.3) is 0 Å². The fourth-order valence-corrected chi connectivity index (χ4v) is 1.73. The van der Waals surface area contributed by atoms with Crippen molar-refractivity contribution >= 4 is 0 Å². The predicted octanol–water partition coefficient (Wildman–Crippen LogP) is 1.57. The van der Waals surface area contributed by atoms with Gasteiger partial charge in [-0.1, -0.05) is 13.8 Å². The summed E-state index contributed by atoms with van der Waals surface area (Å²) in [5, 5.41) is 8.53. The Balaban J connectivity index is 2.20. The van der Waals surface area contributed by atoms with Crippen molar-refractivity contribution in [1.29, 1.82) is 0 Å². The summed E-state index contributed by atoms with van der Waals surface area (Å²) in [5.41, 5.74) is 0.458. The Kier molecular flexibility index (Phi) is 2.90. The molecule has 11 heavy (non-hydrogen) atoms. The maximum Gasteiger partial charge on any atom is 0.0701 e. The van der Waals surface area contributed by atoms with E-state index >= 15 is 0 Å². The summed E-state index contributed by atoms with van der Waals surface area (Å²) in [6.45, 7) is 5.20. The molecule has 1 unspecified atom stereocenters. The first-order valence-electron chi connectivity index (χ1n) is 4.36. The van der Waals surface area contributed by atoms with Crippen LogP contribution in [0, 0.1) is 5.41 Å². The van der Waals surface area contributed by atoms with Crippen LogP contribution in [0.15, 0.2) is 0 Å². The molecule has 0 saturated heterocycles. The van der Waals surface area contributed by atoms with Crippen molar-refractivity contribution in [1.82, 2.24) is 0 Å². The van der Waals surface area contributed by atoms with Crippen molar-refractivity contribution < 1.29 is 9.84 Å². The number of hydrogen-bond donors (Lipinski definition) is 1. The van der Waals surface area contributed by atoms with E-state index in [-0.39, 0.29) is 6.61 Å². The van der Waals surface area contributed by atoms with Gasteiger partial charge in [0.05, 0.1) is 19.3 Å². The Morgan fingerprint density at radius 2 is 2.27 bits per heavy atom. The highest BCUT2D eigenvalue weighted by atomic mass is 16.5. The first-order valence-corrected chi connectivity index (χ1v) is 4.36. The lowest BCUT2D eigenvalue weighted by Crippen LogP contribution is -2.13. The van der Waals surface area contributed by atoms with Crippen molar-refractivity contribution in [2.24, 2.45) is 5.41 Å². The second-order valence-corrected chi connectivity index (χ2v) is 4.12. The Morgan fingerprint density at radius 1 is 1.55 bits per heavy atom. The predicted molar refractivity (Wildman–Crippen MR) is 44.5 cm³/mol. The van der Waals surface area contributed by atoms with Crippen LogP contribution < -0.4 is 0 Å². The summed E-state index contributed by atoms with van der Waals surface area (Å²) in [7, 11) is 0. The molecule has 1 aliphatic rings. The van der Waals surface area contributed by atoms with Crippen LogP contribution in [0.1, 0.15) is 33.1 Å². The normalized spacial score (nSPS) is 29.2. The van der Waals surface area contributed by atoms with Crippen LogP contribution in [0.4, 0.5) is 0 Å². The quantitative estimate of drug-likeness (QED) is 0.675. The maximum atomic E-state index is 8.53. The minimum atomic E-state index is 0.150. The van der Waals surface area contributed by atoms with Gasteiger partial charge in [0.15, 0.2) is 0 Å². The van der Waals surface area contributed by atoms with Gasteiger partial charge in [-0.25, -0.2) is 0 Å². The van der Waals surface area contributed by atoms with Crippen LogP contribution in [-0.4, -0.2) is 24.4 Å². The molecule has 1 saturated carbocycles. The van der Waals surface area contributed by atoms with Crippen LogP contribution >= 0.6 is 0 Å². The van der Waals surface area contributed by atoms with Crippen molar-refractivity contribution in [3.8, 4) is 0 Å². The molecule has 2 heteroatoms. The maximum absolute atomic E-state index is 8.53. The van der Waals surface area contributed by atoms with Gasteiger partial charge in [0.1, 0.15) is 0 Å². The molecule has 0 aromatic heterocycles. The van der Waals surface area contributed by atoms with E-state index in [1.807, 2.05) is 0 Å². The summed E-state index contributed by atoms with van der Waals surface area (Å²) in [6.07, 6.45) is 3.96. The van der Waals surface area contributed by atoms with Gasteiger partial charge in [0.2, 0.25) is 0 Å². The van der Waals surface area contributed by atoms with Crippen LogP contribution in [0.2, 0.25) is 0 Å². The molecule has 66 valence electrons. The number of rotatable bonds is 3. The lowest BCUT2D eigenvalue weighted by atomic mass is 9.92. The first kappa shape index (κ1) is 9.01. The van der Waals surface area contributed by atoms with E-state index in [1.54, 1.807) is 0 Å². The Hall–Kier alpha value is -0.0800. The van der Waals surface area contributed by atoms with Crippen molar-refractivity contribution in [2.75, 3.05) is 13.2 Å². The SMILES string of the molecule is CC1(C)CCC(OCCO)C1. The van der Waals surface area contributed by atoms with E-state index < -0.39 is 0 Å². The molecule has 0 amide bonds. The lowest BCUT2D eigenvalue weighted by Gasteiger charge is -2.16. The minimum Gasteiger partial charge on any atom is -0.394 e. The molecule has 2 nitrogen and oxygen atoms in total. The van der Waals surface area contributed by atoms with Gasteiger partial charge in [0, 0.05) is 0 Å². The fraction of sp³-hybridized carbons (Fsp3) is 1.00. The van der Waals surface area contributed by atoms with Gasteiger partial charge in [-0.3, -0.25) is 0 Å². The van der Waals surface area contributed by atoms with Gasteiger partial charge in [0.25, 0.3) is 0 Å². The first-order chi connectivity index (χ1) is 5.14. The van der Waals surface area contributed by atoms with Crippen LogP contribution in [0.3, 0.4) is 0 Å². The molecular weight excluding hydrogens is 140 g/mol. The average Bonchev–Trinajstić information content (AvgIpc) is 2.26. The van der Waals surface area contributed by atoms with Gasteiger partial charge in [-0.15, -0.1) is 0 Å². The molecular formula is C9H18O2. The molecule has 1 fully saturated rings. The topological polar surface area (TPSA) is 29.5 Å². The van der Waals surface area contributed by atoms with Gasteiger partial charge < -0.3 is 9.84 Å². The summed E-state index contributed by atoms with van der Waals surface area (Å²) < 4.78 is 5.44. The third kappa shape index (κ3) is 2.80. The summed E-state index contributed by atoms with van der Waals surface area (Å²) in [6, 6.07) is 0. The molecule has 0 aromatic carbocycles. The molecule has 0 aromatic rings. The van der Waals surface area contributed by atoms with E-state index in [9.17, 15) is 0 Å². The summed E-state index contributed by atoms with van der Waals surface area (Å²) in [5.74, 6) is 0. The van der Waals surface area contributed by atoms with Crippen LogP contribution in [-0.2, 0) is 4.74 Å². The third-order valence-electron chi connectivity index (χ3n) is 2.37. The zero-order chi connectivity index (χ0) is 8.32. The number of hydrogen-bond acceptors (Lipinski definition) is 2. The zero-order valence-electron chi connectivity index (χ0n) is 7.47. The monoisotopic (exact) mass is 158 g/mol. The second kappa shape index (κ2) is 3.55. The summed E-state index contributed by atoms with van der Waals surface area (Å²) in [4.78, 5) is 0. The van der Waals surface area contributed by atoms with Gasteiger partial charge >= 0.3 is 0 Å². The van der Waals surface area contributed by atoms with E-state index in [0.29, 0.717) is 18.1 Å². The van der Waals surface area contributed by atoms with E-state index in [4.69, 9.17) is 9.84 Å². The molecule has 1 N–H and O–H groups in total. The molecule has 1 aliphatic carbocycles. The molecule has 0 bridgehead atoms. The average molecular weight is 158 g/mol. The third-order valence-corrected chi connectivity index (χ3v) is 2.37. The number of aliphatic hydroxyl groups is 1. The standard InChI is InChI=1S/C9H18O2/c1-9(2)4-3-8(7-9)11-6-5-10/h8,10H,3-7H2,1-2H3. The highest BCUT2D eigenvalue weighted by molar-refractivity contribution is 4.82. The smallest absolute Gasteiger partial charge is 0.0701 e. The van der Waals surface area contributed by atoms with Gasteiger partial charge in [-0.2, -0.15) is 0 Å². The molecule has 1 atom stereocenters. The molecule has 1 rings (SSSR count). The largest absolute Gasteiger partial charge is 0.394 e. The summed E-state index contributed by atoms with van der Waals surface area (Å²) >= 11 is 0. The number of aliphatic hydroxyl groups excluding tert-OH is 1. The van der Waals surface area contributed by atoms with Crippen molar-refractivity contribution in [2.45, 2.75) is 39.2 Å².